The Morgan fingerprint density at radius 2 is 2.28 bits per heavy atom. The molecule has 0 saturated heterocycles. The van der Waals surface area contributed by atoms with E-state index in [1.165, 1.54) is 23.3 Å². The number of carbonyl (C=O) groups is 1. The zero-order valence-electron chi connectivity index (χ0n) is 10.5. The van der Waals surface area contributed by atoms with Gasteiger partial charge in [0.25, 0.3) is 0 Å². The first-order valence-electron chi connectivity index (χ1n) is 6.34. The highest BCUT2D eigenvalue weighted by atomic mass is 32.1. The summed E-state index contributed by atoms with van der Waals surface area (Å²) in [5, 5.41) is 4.10. The molecule has 0 unspecified atom stereocenters. The van der Waals surface area contributed by atoms with Gasteiger partial charge in [-0.25, -0.2) is 0 Å². The number of thiophene rings is 1. The van der Waals surface area contributed by atoms with Crippen molar-refractivity contribution in [1.82, 2.24) is 9.78 Å². The van der Waals surface area contributed by atoms with Crippen LogP contribution in [0.2, 0.25) is 0 Å². The largest absolute Gasteiger partial charge is 0.293 e. The van der Waals surface area contributed by atoms with Crippen molar-refractivity contribution in [2.45, 2.75) is 32.1 Å². The van der Waals surface area contributed by atoms with Crippen LogP contribution in [-0.4, -0.2) is 15.6 Å². The average Bonchev–Trinajstić information content (AvgIpc) is 2.95. The summed E-state index contributed by atoms with van der Waals surface area (Å²) < 4.78 is 1.74. The van der Waals surface area contributed by atoms with Crippen molar-refractivity contribution < 1.29 is 4.79 Å². The number of hydrogen-bond donors (Lipinski definition) is 0. The van der Waals surface area contributed by atoms with Crippen LogP contribution in [0.15, 0.2) is 18.5 Å². The van der Waals surface area contributed by atoms with Crippen LogP contribution >= 0.6 is 11.3 Å². The second kappa shape index (κ2) is 4.69. The van der Waals surface area contributed by atoms with Gasteiger partial charge in [-0.3, -0.25) is 9.48 Å². The summed E-state index contributed by atoms with van der Waals surface area (Å²) >= 11 is 1.69. The molecule has 3 nitrogen and oxygen atoms in total. The van der Waals surface area contributed by atoms with E-state index in [9.17, 15) is 4.79 Å². The van der Waals surface area contributed by atoms with Crippen molar-refractivity contribution in [3.8, 4) is 0 Å². The molecule has 0 N–H and O–H groups in total. The maximum Gasteiger partial charge on any atom is 0.177 e. The smallest absolute Gasteiger partial charge is 0.177 e. The molecular formula is C14H16N2OS. The Kier molecular flexibility index (Phi) is 3.04. The number of Topliss-reactive ketones (excluding diaryl/α,β-unsaturated/α-hetero) is 1. The monoisotopic (exact) mass is 260 g/mol. The van der Waals surface area contributed by atoms with Gasteiger partial charge in [0, 0.05) is 24.5 Å². The van der Waals surface area contributed by atoms with E-state index in [1.807, 2.05) is 13.2 Å². The number of carbonyl (C=O) groups excluding carboxylic acids is 1. The van der Waals surface area contributed by atoms with Gasteiger partial charge in [-0.15, -0.1) is 11.3 Å². The van der Waals surface area contributed by atoms with Gasteiger partial charge in [-0.2, -0.15) is 5.10 Å². The maximum absolute atomic E-state index is 12.2. The zero-order valence-corrected chi connectivity index (χ0v) is 11.3. The molecule has 0 fully saturated rings. The van der Waals surface area contributed by atoms with Gasteiger partial charge in [0.15, 0.2) is 5.78 Å². The molecular weight excluding hydrogens is 244 g/mol. The maximum atomic E-state index is 12.2. The first-order chi connectivity index (χ1) is 8.72. The Morgan fingerprint density at radius 1 is 1.44 bits per heavy atom. The van der Waals surface area contributed by atoms with Gasteiger partial charge in [0.1, 0.15) is 0 Å². The van der Waals surface area contributed by atoms with Gasteiger partial charge < -0.3 is 0 Å². The molecule has 3 rings (SSSR count). The third kappa shape index (κ3) is 2.25. The lowest BCUT2D eigenvalue weighted by Gasteiger charge is -2.08. The van der Waals surface area contributed by atoms with Crippen molar-refractivity contribution in [1.29, 1.82) is 0 Å². The van der Waals surface area contributed by atoms with E-state index in [0.29, 0.717) is 6.42 Å². The lowest BCUT2D eigenvalue weighted by molar-refractivity contribution is 0.0997. The average molecular weight is 260 g/mol. The third-order valence-corrected chi connectivity index (χ3v) is 4.67. The summed E-state index contributed by atoms with van der Waals surface area (Å²) in [6.07, 6.45) is 8.97. The van der Waals surface area contributed by atoms with Crippen molar-refractivity contribution in [3.63, 3.8) is 0 Å². The fourth-order valence-electron chi connectivity index (χ4n) is 2.46. The highest BCUT2D eigenvalue weighted by molar-refractivity contribution is 7.14. The topological polar surface area (TPSA) is 34.9 Å². The fraction of sp³-hybridized carbons (Fsp3) is 0.429. The number of aromatic nitrogens is 2. The Morgan fingerprint density at radius 3 is 3.00 bits per heavy atom. The highest BCUT2D eigenvalue weighted by Gasteiger charge is 2.17. The molecule has 0 bridgehead atoms. The van der Waals surface area contributed by atoms with Gasteiger partial charge in [0.2, 0.25) is 0 Å². The van der Waals surface area contributed by atoms with Crippen LogP contribution in [0.1, 0.15) is 38.5 Å². The molecule has 0 aromatic carbocycles. The molecule has 0 spiro atoms. The SMILES string of the molecule is Cn1cc(CC(=O)c2cc3c(s2)CCCC3)cn1. The van der Waals surface area contributed by atoms with Crippen LogP contribution in [-0.2, 0) is 26.3 Å². The van der Waals surface area contributed by atoms with Crippen LogP contribution in [0.4, 0.5) is 0 Å². The molecule has 4 heteroatoms. The molecule has 18 heavy (non-hydrogen) atoms. The van der Waals surface area contributed by atoms with Gasteiger partial charge in [-0.05, 0) is 42.9 Å². The molecule has 0 aliphatic heterocycles. The van der Waals surface area contributed by atoms with Crippen molar-refractivity contribution in [3.05, 3.63) is 39.3 Å². The summed E-state index contributed by atoms with van der Waals surface area (Å²) in [5.41, 5.74) is 2.40. The van der Waals surface area contributed by atoms with Crippen LogP contribution in [0, 0.1) is 0 Å². The fourth-order valence-corrected chi connectivity index (χ4v) is 3.65. The number of aryl methyl sites for hydroxylation is 3. The second-order valence-corrected chi connectivity index (χ2v) is 6.03. The first kappa shape index (κ1) is 11.7. The van der Waals surface area contributed by atoms with Crippen LogP contribution in [0.25, 0.3) is 0 Å². The van der Waals surface area contributed by atoms with E-state index in [4.69, 9.17) is 0 Å². The molecule has 0 radical (unpaired) electrons. The number of rotatable bonds is 3. The Labute approximate surface area is 110 Å². The predicted octanol–water partition coefficient (Wildman–Crippen LogP) is 2.79. The van der Waals surface area contributed by atoms with Crippen LogP contribution in [0.3, 0.4) is 0 Å². The van der Waals surface area contributed by atoms with E-state index < -0.39 is 0 Å². The highest BCUT2D eigenvalue weighted by Crippen LogP contribution is 2.30. The normalized spacial score (nSPS) is 14.5. The van der Waals surface area contributed by atoms with Gasteiger partial charge in [-0.1, -0.05) is 0 Å². The van der Waals surface area contributed by atoms with Gasteiger partial charge >= 0.3 is 0 Å². The van der Waals surface area contributed by atoms with Crippen LogP contribution < -0.4 is 0 Å². The predicted molar refractivity (Wildman–Crippen MR) is 72.2 cm³/mol. The minimum absolute atomic E-state index is 0.224. The van der Waals surface area contributed by atoms with Gasteiger partial charge in [0.05, 0.1) is 11.1 Å². The third-order valence-electron chi connectivity index (χ3n) is 3.39. The van der Waals surface area contributed by atoms with E-state index in [1.54, 1.807) is 22.2 Å². The summed E-state index contributed by atoms with van der Waals surface area (Å²) in [7, 11) is 1.87. The van der Waals surface area contributed by atoms with Crippen molar-refractivity contribution in [2.75, 3.05) is 0 Å². The minimum Gasteiger partial charge on any atom is -0.293 e. The van der Waals surface area contributed by atoms with Crippen molar-refractivity contribution >= 4 is 17.1 Å². The number of fused-ring (bicyclic) bond motifs is 1. The Bertz CT molecular complexity index is 559. The molecule has 0 atom stereocenters. The molecule has 2 heterocycles. The Balaban J connectivity index is 1.78. The summed E-state index contributed by atoms with van der Waals surface area (Å²) in [6.45, 7) is 0. The van der Waals surface area contributed by atoms with E-state index in [-0.39, 0.29) is 5.78 Å². The molecule has 2 aromatic rings. The summed E-state index contributed by atoms with van der Waals surface area (Å²) in [5.74, 6) is 0.224. The van der Waals surface area contributed by atoms with Crippen LogP contribution in [0.5, 0.6) is 0 Å². The second-order valence-electron chi connectivity index (χ2n) is 4.89. The van der Waals surface area contributed by atoms with E-state index in [2.05, 4.69) is 11.2 Å². The number of ketones is 1. The van der Waals surface area contributed by atoms with E-state index >= 15 is 0 Å². The summed E-state index contributed by atoms with van der Waals surface area (Å²) in [6, 6.07) is 2.11. The number of hydrogen-bond acceptors (Lipinski definition) is 3. The zero-order chi connectivity index (χ0) is 12.5. The molecule has 1 aliphatic carbocycles. The molecule has 1 aliphatic rings. The standard InChI is InChI=1S/C14H16N2OS/c1-16-9-10(8-15-16)6-12(17)14-7-11-4-2-3-5-13(11)18-14/h7-9H,2-6H2,1H3. The van der Waals surface area contributed by atoms with Crippen molar-refractivity contribution in [2.24, 2.45) is 7.05 Å². The lowest BCUT2D eigenvalue weighted by Crippen LogP contribution is -2.00. The molecule has 2 aromatic heterocycles. The number of nitrogens with zero attached hydrogens (tertiary/aromatic N) is 2. The quantitative estimate of drug-likeness (QED) is 0.795. The summed E-state index contributed by atoms with van der Waals surface area (Å²) in [4.78, 5) is 14.6. The Hall–Kier alpha value is -1.42. The first-order valence-corrected chi connectivity index (χ1v) is 7.16. The minimum atomic E-state index is 0.224. The molecule has 94 valence electrons. The lowest BCUT2D eigenvalue weighted by atomic mass is 9.99. The molecule has 0 saturated carbocycles. The van der Waals surface area contributed by atoms with E-state index in [0.717, 1.165) is 23.3 Å². The molecule has 0 amide bonds.